The molecule has 0 radical (unpaired) electrons. The molecule has 2 N–H and O–H groups in total. The Morgan fingerprint density at radius 2 is 2.25 bits per heavy atom. The first-order chi connectivity index (χ1) is 9.67. The summed E-state index contributed by atoms with van der Waals surface area (Å²) >= 11 is 1.78. The molecule has 1 aliphatic rings. The Hall–Kier alpha value is -0.690. The van der Waals surface area contributed by atoms with Gasteiger partial charge in [-0.2, -0.15) is 0 Å². The number of hydrogen-bond donors (Lipinski definition) is 1. The molecule has 6 heteroatoms. The maximum absolute atomic E-state index is 6.17. The van der Waals surface area contributed by atoms with Gasteiger partial charge in [-0.15, -0.1) is 11.3 Å². The largest absolute Gasteiger partial charge is 0.383 e. The van der Waals surface area contributed by atoms with Gasteiger partial charge in [0.2, 0.25) is 0 Å². The molecule has 20 heavy (non-hydrogen) atoms. The number of aryl methyl sites for hydroxylation is 1. The minimum atomic E-state index is 0.103. The van der Waals surface area contributed by atoms with Crippen molar-refractivity contribution in [3.05, 3.63) is 10.6 Å². The molecule has 1 heterocycles. The van der Waals surface area contributed by atoms with E-state index in [0.29, 0.717) is 13.2 Å². The molecule has 1 aromatic rings. The number of aromatic nitrogens is 1. The molecule has 0 amide bonds. The second-order valence-corrected chi connectivity index (χ2v) is 6.36. The van der Waals surface area contributed by atoms with Crippen molar-refractivity contribution in [2.75, 3.05) is 38.9 Å². The zero-order chi connectivity index (χ0) is 14.5. The van der Waals surface area contributed by atoms with Crippen molar-refractivity contribution in [2.45, 2.75) is 38.3 Å². The zero-order valence-corrected chi connectivity index (χ0v) is 13.4. The smallest absolute Gasteiger partial charge is 0.186 e. The van der Waals surface area contributed by atoms with E-state index in [4.69, 9.17) is 20.2 Å². The quantitative estimate of drug-likeness (QED) is 0.834. The Kier molecular flexibility index (Phi) is 5.77. The second kappa shape index (κ2) is 7.36. The Balaban J connectivity index is 2.19. The van der Waals surface area contributed by atoms with E-state index in [2.05, 4.69) is 11.8 Å². The molecular weight excluding hydrogens is 274 g/mol. The third kappa shape index (κ3) is 3.49. The number of methoxy groups -OCH3 is 2. The van der Waals surface area contributed by atoms with E-state index >= 15 is 0 Å². The van der Waals surface area contributed by atoms with Crippen molar-refractivity contribution in [1.29, 1.82) is 0 Å². The first kappa shape index (κ1) is 15.7. The number of thiazole rings is 1. The van der Waals surface area contributed by atoms with Crippen LogP contribution in [0.5, 0.6) is 0 Å². The summed E-state index contributed by atoms with van der Waals surface area (Å²) in [6, 6.07) is 0.379. The molecule has 2 atom stereocenters. The summed E-state index contributed by atoms with van der Waals surface area (Å²) in [4.78, 5) is 8.42. The van der Waals surface area contributed by atoms with Gasteiger partial charge in [0.25, 0.3) is 0 Å². The molecule has 1 aliphatic carbocycles. The standard InChI is InChI=1S/C14H25N3O2S/c1-10(9-19-3)17(7-8-18-2)14-16-13-11(15)5-4-6-12(13)20-14/h10-11H,4-9,15H2,1-3H3. The third-order valence-electron chi connectivity index (χ3n) is 3.71. The number of hydrogen-bond acceptors (Lipinski definition) is 6. The van der Waals surface area contributed by atoms with E-state index in [0.717, 1.165) is 30.2 Å². The van der Waals surface area contributed by atoms with Gasteiger partial charge in [0.15, 0.2) is 5.13 Å². The predicted molar refractivity (Wildman–Crippen MR) is 82.5 cm³/mol. The van der Waals surface area contributed by atoms with Crippen molar-refractivity contribution < 1.29 is 9.47 Å². The lowest BCUT2D eigenvalue weighted by Crippen LogP contribution is -2.38. The minimum absolute atomic E-state index is 0.103. The summed E-state index contributed by atoms with van der Waals surface area (Å²) in [5, 5.41) is 1.05. The Labute approximate surface area is 125 Å². The average molecular weight is 299 g/mol. The fourth-order valence-electron chi connectivity index (χ4n) is 2.59. The molecule has 0 bridgehead atoms. The fourth-order valence-corrected chi connectivity index (χ4v) is 3.89. The fraction of sp³-hybridized carbons (Fsp3) is 0.786. The number of anilines is 1. The summed E-state index contributed by atoms with van der Waals surface area (Å²) in [5.41, 5.74) is 7.27. The van der Waals surface area contributed by atoms with Gasteiger partial charge < -0.3 is 20.1 Å². The molecule has 1 aromatic heterocycles. The number of fused-ring (bicyclic) bond motifs is 1. The summed E-state index contributed by atoms with van der Waals surface area (Å²) in [6.45, 7) is 4.34. The van der Waals surface area contributed by atoms with Gasteiger partial charge in [-0.1, -0.05) is 0 Å². The molecule has 5 nitrogen and oxygen atoms in total. The Morgan fingerprint density at radius 1 is 1.45 bits per heavy atom. The zero-order valence-electron chi connectivity index (χ0n) is 12.6. The lowest BCUT2D eigenvalue weighted by Gasteiger charge is -2.28. The highest BCUT2D eigenvalue weighted by atomic mass is 32.1. The first-order valence-electron chi connectivity index (χ1n) is 7.17. The highest BCUT2D eigenvalue weighted by Crippen LogP contribution is 2.36. The van der Waals surface area contributed by atoms with Gasteiger partial charge in [-0.05, 0) is 26.2 Å². The molecule has 114 valence electrons. The summed E-state index contributed by atoms with van der Waals surface area (Å²) in [5.74, 6) is 0. The van der Waals surface area contributed by atoms with Gasteiger partial charge in [0.1, 0.15) is 0 Å². The molecule has 0 aromatic carbocycles. The van der Waals surface area contributed by atoms with Crippen LogP contribution >= 0.6 is 11.3 Å². The lowest BCUT2D eigenvalue weighted by molar-refractivity contribution is 0.171. The number of nitrogens with two attached hydrogens (primary N) is 1. The van der Waals surface area contributed by atoms with Gasteiger partial charge in [0, 0.05) is 31.7 Å². The van der Waals surface area contributed by atoms with Crippen LogP contribution in [-0.2, 0) is 15.9 Å². The molecule has 0 saturated carbocycles. The van der Waals surface area contributed by atoms with E-state index in [9.17, 15) is 0 Å². The van der Waals surface area contributed by atoms with E-state index in [1.165, 1.54) is 11.3 Å². The van der Waals surface area contributed by atoms with E-state index < -0.39 is 0 Å². The maximum atomic E-state index is 6.17. The van der Waals surface area contributed by atoms with Gasteiger partial charge >= 0.3 is 0 Å². The third-order valence-corrected chi connectivity index (χ3v) is 4.88. The van der Waals surface area contributed by atoms with Crippen LogP contribution in [0.4, 0.5) is 5.13 Å². The molecule has 2 unspecified atom stereocenters. The molecular formula is C14H25N3O2S. The molecule has 2 rings (SSSR count). The van der Waals surface area contributed by atoms with Crippen LogP contribution in [-0.4, -0.2) is 45.0 Å². The monoisotopic (exact) mass is 299 g/mol. The van der Waals surface area contributed by atoms with Crippen LogP contribution in [0.2, 0.25) is 0 Å². The van der Waals surface area contributed by atoms with Crippen molar-refractivity contribution in [3.63, 3.8) is 0 Å². The van der Waals surface area contributed by atoms with Crippen molar-refractivity contribution in [2.24, 2.45) is 5.73 Å². The normalized spacial score (nSPS) is 19.7. The Bertz CT molecular complexity index is 425. The van der Waals surface area contributed by atoms with Crippen LogP contribution in [0.1, 0.15) is 36.4 Å². The summed E-state index contributed by atoms with van der Waals surface area (Å²) in [7, 11) is 3.45. The molecule has 0 saturated heterocycles. The first-order valence-corrected chi connectivity index (χ1v) is 7.98. The summed E-state index contributed by atoms with van der Waals surface area (Å²) in [6.07, 6.45) is 3.32. The average Bonchev–Trinajstić information content (AvgIpc) is 2.85. The Morgan fingerprint density at radius 3 is 2.90 bits per heavy atom. The van der Waals surface area contributed by atoms with Gasteiger partial charge in [0.05, 0.1) is 24.9 Å². The van der Waals surface area contributed by atoms with Gasteiger partial charge in [-0.3, -0.25) is 0 Å². The highest BCUT2D eigenvalue weighted by Gasteiger charge is 2.25. The van der Waals surface area contributed by atoms with Crippen molar-refractivity contribution >= 4 is 16.5 Å². The van der Waals surface area contributed by atoms with Crippen molar-refractivity contribution in [3.8, 4) is 0 Å². The van der Waals surface area contributed by atoms with Gasteiger partial charge in [-0.25, -0.2) is 4.98 Å². The molecule has 0 fully saturated rings. The highest BCUT2D eigenvalue weighted by molar-refractivity contribution is 7.15. The van der Waals surface area contributed by atoms with Crippen LogP contribution < -0.4 is 10.6 Å². The summed E-state index contributed by atoms with van der Waals surface area (Å²) < 4.78 is 10.5. The number of ether oxygens (including phenoxy) is 2. The number of nitrogens with zero attached hydrogens (tertiary/aromatic N) is 2. The maximum Gasteiger partial charge on any atom is 0.186 e. The predicted octanol–water partition coefficient (Wildman–Crippen LogP) is 1.97. The molecule has 0 aliphatic heterocycles. The topological polar surface area (TPSA) is 60.6 Å². The lowest BCUT2D eigenvalue weighted by atomic mass is 9.99. The van der Waals surface area contributed by atoms with Crippen LogP contribution in [0.15, 0.2) is 0 Å². The molecule has 0 spiro atoms. The van der Waals surface area contributed by atoms with Crippen LogP contribution in [0, 0.1) is 0 Å². The SMILES string of the molecule is COCCN(c1nc2c(s1)CCCC2N)C(C)COC. The van der Waals surface area contributed by atoms with E-state index in [1.807, 2.05) is 0 Å². The van der Waals surface area contributed by atoms with Crippen molar-refractivity contribution in [1.82, 2.24) is 4.98 Å². The minimum Gasteiger partial charge on any atom is -0.383 e. The van der Waals surface area contributed by atoms with E-state index in [1.54, 1.807) is 25.6 Å². The second-order valence-electron chi connectivity index (χ2n) is 5.29. The number of rotatable bonds is 7. The van der Waals surface area contributed by atoms with Crippen LogP contribution in [0.3, 0.4) is 0 Å². The van der Waals surface area contributed by atoms with Crippen LogP contribution in [0.25, 0.3) is 0 Å². The van der Waals surface area contributed by atoms with E-state index in [-0.39, 0.29) is 12.1 Å².